The number of benzene rings is 1. The first-order chi connectivity index (χ1) is 15.1. The number of morpholine rings is 1. The van der Waals surface area contributed by atoms with Gasteiger partial charge >= 0.3 is 0 Å². The Morgan fingerprint density at radius 3 is 2.97 bits per heavy atom. The van der Waals surface area contributed by atoms with Gasteiger partial charge < -0.3 is 19.7 Å². The van der Waals surface area contributed by atoms with E-state index in [9.17, 15) is 4.79 Å². The van der Waals surface area contributed by atoms with Crippen LogP contribution in [0.15, 0.2) is 42.5 Å². The highest BCUT2D eigenvalue weighted by molar-refractivity contribution is 7.15. The van der Waals surface area contributed by atoms with Crippen molar-refractivity contribution in [2.45, 2.75) is 25.9 Å². The molecular formula is C22H25N5O3S. The third-order valence-electron chi connectivity index (χ3n) is 5.01. The smallest absolute Gasteiger partial charge is 0.227 e. The molecule has 1 saturated heterocycles. The number of nitrogens with zero attached hydrogens (tertiary/aromatic N) is 4. The van der Waals surface area contributed by atoms with Crippen molar-refractivity contribution in [3.63, 3.8) is 0 Å². The van der Waals surface area contributed by atoms with Gasteiger partial charge in [-0.1, -0.05) is 36.5 Å². The molecule has 1 aliphatic rings. The van der Waals surface area contributed by atoms with E-state index in [1.165, 1.54) is 11.3 Å². The van der Waals surface area contributed by atoms with E-state index in [-0.39, 0.29) is 12.0 Å². The Bertz CT molecular complexity index is 1040. The quantitative estimate of drug-likeness (QED) is 0.603. The lowest BCUT2D eigenvalue weighted by Gasteiger charge is -2.33. The van der Waals surface area contributed by atoms with Crippen molar-refractivity contribution in [2.24, 2.45) is 0 Å². The number of methoxy groups -OCH3 is 1. The minimum absolute atomic E-state index is 0.0665. The first-order valence-corrected chi connectivity index (χ1v) is 11.0. The summed E-state index contributed by atoms with van der Waals surface area (Å²) in [5.74, 6) is 1.50. The van der Waals surface area contributed by atoms with E-state index in [4.69, 9.17) is 9.47 Å². The molecule has 3 aromatic rings. The Morgan fingerprint density at radius 2 is 2.16 bits per heavy atom. The number of aromatic nitrogens is 3. The lowest BCUT2D eigenvalue weighted by Crippen LogP contribution is -2.43. The average Bonchev–Trinajstić information content (AvgIpc) is 3.27. The van der Waals surface area contributed by atoms with Crippen LogP contribution in [0.1, 0.15) is 29.3 Å². The highest BCUT2D eigenvalue weighted by atomic mass is 32.1. The SMILES string of the molecule is CCc1nnc(Nc2cccc([C@@H]3CN(C(=O)Cc4cccc(OC)c4)CCO3)n2)s1. The van der Waals surface area contributed by atoms with Crippen LogP contribution in [-0.4, -0.2) is 52.8 Å². The van der Waals surface area contributed by atoms with Crippen molar-refractivity contribution in [3.05, 3.63) is 58.7 Å². The van der Waals surface area contributed by atoms with Crippen LogP contribution in [0.5, 0.6) is 5.75 Å². The second-order valence-corrected chi connectivity index (χ2v) is 8.22. The van der Waals surface area contributed by atoms with Crippen molar-refractivity contribution >= 4 is 28.2 Å². The highest BCUT2D eigenvalue weighted by Crippen LogP contribution is 2.25. The Kier molecular flexibility index (Phi) is 6.73. The lowest BCUT2D eigenvalue weighted by atomic mass is 10.1. The number of hydrogen-bond acceptors (Lipinski definition) is 8. The summed E-state index contributed by atoms with van der Waals surface area (Å²) in [7, 11) is 1.62. The maximum absolute atomic E-state index is 12.9. The number of aryl methyl sites for hydroxylation is 1. The Hall–Kier alpha value is -3.04. The predicted molar refractivity (Wildman–Crippen MR) is 119 cm³/mol. The van der Waals surface area contributed by atoms with Crippen molar-refractivity contribution in [1.29, 1.82) is 0 Å². The molecule has 1 aromatic carbocycles. The fraction of sp³-hybridized carbons (Fsp3) is 0.364. The van der Waals surface area contributed by atoms with E-state index in [0.717, 1.165) is 28.4 Å². The maximum Gasteiger partial charge on any atom is 0.227 e. The van der Waals surface area contributed by atoms with Crippen LogP contribution < -0.4 is 10.1 Å². The van der Waals surface area contributed by atoms with E-state index >= 15 is 0 Å². The lowest BCUT2D eigenvalue weighted by molar-refractivity contribution is -0.138. The van der Waals surface area contributed by atoms with Crippen molar-refractivity contribution in [2.75, 3.05) is 32.1 Å². The van der Waals surface area contributed by atoms with Crippen LogP contribution in [0.3, 0.4) is 0 Å². The van der Waals surface area contributed by atoms with Gasteiger partial charge in [-0.15, -0.1) is 10.2 Å². The summed E-state index contributed by atoms with van der Waals surface area (Å²) in [6.45, 7) is 3.56. The van der Waals surface area contributed by atoms with Gasteiger partial charge in [0.05, 0.1) is 32.4 Å². The van der Waals surface area contributed by atoms with Gasteiger partial charge in [-0.2, -0.15) is 0 Å². The number of rotatable bonds is 7. The number of anilines is 2. The third kappa shape index (κ3) is 5.36. The molecule has 1 fully saturated rings. The van der Waals surface area contributed by atoms with Gasteiger partial charge in [0.25, 0.3) is 0 Å². The minimum atomic E-state index is -0.273. The summed E-state index contributed by atoms with van der Waals surface area (Å²) in [5, 5.41) is 13.1. The molecule has 0 aliphatic carbocycles. The fourth-order valence-electron chi connectivity index (χ4n) is 3.38. The molecular weight excluding hydrogens is 414 g/mol. The van der Waals surface area contributed by atoms with Crippen molar-refractivity contribution in [1.82, 2.24) is 20.1 Å². The van der Waals surface area contributed by atoms with Gasteiger partial charge in [0.2, 0.25) is 11.0 Å². The average molecular weight is 440 g/mol. The molecule has 162 valence electrons. The number of carbonyl (C=O) groups is 1. The molecule has 0 spiro atoms. The zero-order valence-electron chi connectivity index (χ0n) is 17.6. The summed E-state index contributed by atoms with van der Waals surface area (Å²) in [4.78, 5) is 19.4. The minimum Gasteiger partial charge on any atom is -0.497 e. The summed E-state index contributed by atoms with van der Waals surface area (Å²) in [6.07, 6.45) is 0.906. The van der Waals surface area contributed by atoms with Crippen LogP contribution in [-0.2, 0) is 22.4 Å². The van der Waals surface area contributed by atoms with E-state index in [0.29, 0.717) is 37.1 Å². The topological polar surface area (TPSA) is 89.5 Å². The Labute approximate surface area is 185 Å². The number of nitrogens with one attached hydrogen (secondary N) is 1. The van der Waals surface area contributed by atoms with Crippen LogP contribution in [0, 0.1) is 0 Å². The van der Waals surface area contributed by atoms with Gasteiger partial charge in [0.15, 0.2) is 0 Å². The second kappa shape index (κ2) is 9.84. The molecule has 0 radical (unpaired) electrons. The first-order valence-electron chi connectivity index (χ1n) is 10.2. The molecule has 0 saturated carbocycles. The molecule has 1 aliphatic heterocycles. The van der Waals surface area contributed by atoms with Gasteiger partial charge in [-0.25, -0.2) is 4.98 Å². The Morgan fingerprint density at radius 1 is 1.29 bits per heavy atom. The van der Waals surface area contributed by atoms with Gasteiger partial charge in [-0.3, -0.25) is 4.79 Å². The Balaban J connectivity index is 1.41. The zero-order valence-corrected chi connectivity index (χ0v) is 18.4. The van der Waals surface area contributed by atoms with E-state index in [1.54, 1.807) is 7.11 Å². The molecule has 0 unspecified atom stereocenters. The first kappa shape index (κ1) is 21.2. The molecule has 1 atom stereocenters. The molecule has 0 bridgehead atoms. The summed E-state index contributed by atoms with van der Waals surface area (Å²) in [6, 6.07) is 13.3. The second-order valence-electron chi connectivity index (χ2n) is 7.15. The van der Waals surface area contributed by atoms with Gasteiger partial charge in [0.1, 0.15) is 22.7 Å². The third-order valence-corrected chi connectivity index (χ3v) is 6.00. The van der Waals surface area contributed by atoms with E-state index in [1.807, 2.05) is 54.3 Å². The van der Waals surface area contributed by atoms with Gasteiger partial charge in [0, 0.05) is 6.54 Å². The number of carbonyl (C=O) groups excluding carboxylic acids is 1. The normalized spacial score (nSPS) is 16.2. The number of ether oxygens (including phenoxy) is 2. The summed E-state index contributed by atoms with van der Waals surface area (Å²) in [5.41, 5.74) is 1.71. The van der Waals surface area contributed by atoms with Crippen LogP contribution in [0.2, 0.25) is 0 Å². The fourth-order valence-corrected chi connectivity index (χ4v) is 4.07. The van der Waals surface area contributed by atoms with Gasteiger partial charge in [-0.05, 0) is 36.2 Å². The van der Waals surface area contributed by atoms with Crippen LogP contribution in [0.4, 0.5) is 10.9 Å². The van der Waals surface area contributed by atoms with Crippen molar-refractivity contribution in [3.8, 4) is 5.75 Å². The molecule has 8 nitrogen and oxygen atoms in total. The summed E-state index contributed by atoms with van der Waals surface area (Å²) >= 11 is 1.51. The maximum atomic E-state index is 12.9. The molecule has 4 rings (SSSR count). The largest absolute Gasteiger partial charge is 0.497 e. The van der Waals surface area contributed by atoms with Crippen LogP contribution in [0.25, 0.3) is 0 Å². The highest BCUT2D eigenvalue weighted by Gasteiger charge is 2.26. The van der Waals surface area contributed by atoms with Crippen LogP contribution >= 0.6 is 11.3 Å². The predicted octanol–water partition coefficient (Wildman–Crippen LogP) is 3.39. The number of amides is 1. The zero-order chi connectivity index (χ0) is 21.6. The molecule has 3 heterocycles. The molecule has 31 heavy (non-hydrogen) atoms. The van der Waals surface area contributed by atoms with E-state index < -0.39 is 0 Å². The molecule has 9 heteroatoms. The summed E-state index contributed by atoms with van der Waals surface area (Å²) < 4.78 is 11.2. The van der Waals surface area contributed by atoms with Crippen molar-refractivity contribution < 1.29 is 14.3 Å². The standard InChI is InChI=1S/C22H25N5O3S/c1-3-20-25-26-22(31-20)24-19-9-5-8-17(23-19)18-14-27(10-11-30-18)21(28)13-15-6-4-7-16(12-15)29-2/h4-9,12,18H,3,10-11,13-14H2,1-2H3,(H,23,24,26)/t18-/m0/s1. The van der Waals surface area contributed by atoms with E-state index in [2.05, 4.69) is 20.5 Å². The molecule has 1 N–H and O–H groups in total. The number of pyridine rings is 1. The number of hydrogen-bond donors (Lipinski definition) is 1. The monoisotopic (exact) mass is 439 g/mol. The molecule has 2 aromatic heterocycles. The molecule has 1 amide bonds.